The van der Waals surface area contributed by atoms with E-state index in [9.17, 15) is 9.59 Å². The van der Waals surface area contributed by atoms with Gasteiger partial charge in [-0.15, -0.1) is 0 Å². The van der Waals surface area contributed by atoms with Crippen molar-refractivity contribution in [2.24, 2.45) is 5.92 Å². The molecule has 1 heterocycles. The van der Waals surface area contributed by atoms with Gasteiger partial charge in [-0.25, -0.2) is 4.98 Å². The number of carboxylic acids is 1. The average molecular weight is 277 g/mol. The minimum atomic E-state index is -1.21. The molecule has 92 valence electrons. The SMILES string of the molecule is Cc1cc(Cl)nc(Cl)c1NC(=O)C(C)C(=O)O. The van der Waals surface area contributed by atoms with E-state index in [1.54, 1.807) is 6.92 Å². The van der Waals surface area contributed by atoms with Crippen LogP contribution in [0, 0.1) is 12.8 Å². The molecule has 0 spiro atoms. The normalized spacial score (nSPS) is 12.0. The fourth-order valence-corrected chi connectivity index (χ4v) is 1.67. The summed E-state index contributed by atoms with van der Waals surface area (Å²) in [5.41, 5.74) is 0.884. The van der Waals surface area contributed by atoms with E-state index >= 15 is 0 Å². The molecule has 0 aliphatic rings. The number of aromatic nitrogens is 1. The van der Waals surface area contributed by atoms with Crippen molar-refractivity contribution in [1.82, 2.24) is 4.98 Å². The van der Waals surface area contributed by atoms with Crippen LogP contribution in [-0.2, 0) is 9.59 Å². The average Bonchev–Trinajstić information content (AvgIpc) is 2.21. The van der Waals surface area contributed by atoms with E-state index in [0.29, 0.717) is 5.56 Å². The predicted octanol–water partition coefficient (Wildman–Crippen LogP) is 2.36. The zero-order valence-corrected chi connectivity index (χ0v) is 10.6. The van der Waals surface area contributed by atoms with E-state index in [1.807, 2.05) is 0 Å². The highest BCUT2D eigenvalue weighted by molar-refractivity contribution is 6.34. The molecule has 0 fully saturated rings. The second-order valence-corrected chi connectivity index (χ2v) is 4.22. The Morgan fingerprint density at radius 2 is 2.06 bits per heavy atom. The van der Waals surface area contributed by atoms with Crippen LogP contribution in [0.15, 0.2) is 6.07 Å². The first-order valence-corrected chi connectivity index (χ1v) is 5.45. The predicted molar refractivity (Wildman–Crippen MR) is 64.4 cm³/mol. The molecule has 0 aliphatic carbocycles. The molecule has 0 aliphatic heterocycles. The van der Waals surface area contributed by atoms with Gasteiger partial charge in [-0.1, -0.05) is 23.2 Å². The molecule has 7 heteroatoms. The van der Waals surface area contributed by atoms with Gasteiger partial charge in [0.2, 0.25) is 5.91 Å². The fourth-order valence-electron chi connectivity index (χ4n) is 1.09. The molecule has 0 radical (unpaired) electrons. The Morgan fingerprint density at radius 1 is 1.47 bits per heavy atom. The van der Waals surface area contributed by atoms with Gasteiger partial charge < -0.3 is 10.4 Å². The van der Waals surface area contributed by atoms with Crippen molar-refractivity contribution in [3.05, 3.63) is 21.9 Å². The van der Waals surface area contributed by atoms with Crippen LogP contribution >= 0.6 is 23.2 Å². The second kappa shape index (κ2) is 5.33. The van der Waals surface area contributed by atoms with Crippen LogP contribution in [0.1, 0.15) is 12.5 Å². The van der Waals surface area contributed by atoms with Gasteiger partial charge in [0.25, 0.3) is 0 Å². The first-order valence-electron chi connectivity index (χ1n) is 4.69. The molecule has 0 saturated carbocycles. The fraction of sp³-hybridized carbons (Fsp3) is 0.300. The van der Waals surface area contributed by atoms with Gasteiger partial charge in [0, 0.05) is 0 Å². The quantitative estimate of drug-likeness (QED) is 0.656. The lowest BCUT2D eigenvalue weighted by Crippen LogP contribution is -2.27. The molecule has 0 aromatic carbocycles. The smallest absolute Gasteiger partial charge is 0.315 e. The molecule has 1 aromatic rings. The van der Waals surface area contributed by atoms with E-state index in [-0.39, 0.29) is 16.0 Å². The summed E-state index contributed by atoms with van der Waals surface area (Å²) in [7, 11) is 0. The number of amides is 1. The Bertz CT molecular complexity index is 454. The molecule has 1 amide bonds. The topological polar surface area (TPSA) is 79.3 Å². The monoisotopic (exact) mass is 276 g/mol. The largest absolute Gasteiger partial charge is 0.481 e. The number of carbonyl (C=O) groups excluding carboxylic acids is 1. The molecule has 1 aromatic heterocycles. The molecule has 17 heavy (non-hydrogen) atoms. The molecule has 0 saturated heterocycles. The van der Waals surface area contributed by atoms with Gasteiger partial charge >= 0.3 is 5.97 Å². The highest BCUT2D eigenvalue weighted by Gasteiger charge is 2.22. The third kappa shape index (κ3) is 3.31. The number of pyridine rings is 1. The number of nitrogens with zero attached hydrogens (tertiary/aromatic N) is 1. The van der Waals surface area contributed by atoms with E-state index in [4.69, 9.17) is 28.3 Å². The van der Waals surface area contributed by atoms with Gasteiger partial charge in [-0.3, -0.25) is 9.59 Å². The van der Waals surface area contributed by atoms with Gasteiger partial charge in [0.05, 0.1) is 5.69 Å². The number of hydrogen-bond donors (Lipinski definition) is 2. The number of anilines is 1. The lowest BCUT2D eigenvalue weighted by atomic mass is 10.1. The van der Waals surface area contributed by atoms with E-state index in [2.05, 4.69) is 10.3 Å². The lowest BCUT2D eigenvalue weighted by Gasteiger charge is -2.12. The summed E-state index contributed by atoms with van der Waals surface area (Å²) in [5, 5.41) is 11.3. The first-order chi connectivity index (χ1) is 7.82. The molecule has 1 rings (SSSR count). The molecular weight excluding hydrogens is 267 g/mol. The number of aryl methyl sites for hydroxylation is 1. The second-order valence-electron chi connectivity index (χ2n) is 3.48. The Morgan fingerprint density at radius 3 is 2.53 bits per heavy atom. The molecule has 1 unspecified atom stereocenters. The van der Waals surface area contributed by atoms with Gasteiger partial charge in [0.15, 0.2) is 5.15 Å². The summed E-state index contributed by atoms with van der Waals surface area (Å²) in [5.74, 6) is -3.04. The Balaban J connectivity index is 2.96. The van der Waals surface area contributed by atoms with Crippen LogP contribution in [0.4, 0.5) is 5.69 Å². The highest BCUT2D eigenvalue weighted by Crippen LogP contribution is 2.26. The van der Waals surface area contributed by atoms with Gasteiger partial charge in [0.1, 0.15) is 11.1 Å². The summed E-state index contributed by atoms with van der Waals surface area (Å²) in [6.07, 6.45) is 0. The molecule has 5 nitrogen and oxygen atoms in total. The molecule has 0 bridgehead atoms. The van der Waals surface area contributed by atoms with Crippen LogP contribution < -0.4 is 5.32 Å². The maximum Gasteiger partial charge on any atom is 0.315 e. The summed E-state index contributed by atoms with van der Waals surface area (Å²) in [6.45, 7) is 2.96. The summed E-state index contributed by atoms with van der Waals surface area (Å²) in [6, 6.07) is 1.52. The Kier molecular flexibility index (Phi) is 4.31. The van der Waals surface area contributed by atoms with Crippen molar-refractivity contribution in [3.63, 3.8) is 0 Å². The zero-order chi connectivity index (χ0) is 13.2. The summed E-state index contributed by atoms with van der Waals surface area (Å²) >= 11 is 11.5. The third-order valence-electron chi connectivity index (χ3n) is 2.15. The number of hydrogen-bond acceptors (Lipinski definition) is 3. The minimum Gasteiger partial charge on any atom is -0.481 e. The van der Waals surface area contributed by atoms with Crippen molar-refractivity contribution in [2.45, 2.75) is 13.8 Å². The van der Waals surface area contributed by atoms with Gasteiger partial charge in [-0.05, 0) is 25.5 Å². The molecule has 2 N–H and O–H groups in total. The highest BCUT2D eigenvalue weighted by atomic mass is 35.5. The lowest BCUT2D eigenvalue weighted by molar-refractivity contribution is -0.144. The van der Waals surface area contributed by atoms with Crippen LogP contribution in [0.2, 0.25) is 10.3 Å². The number of halogens is 2. The number of aliphatic carboxylic acids is 1. The third-order valence-corrected chi connectivity index (χ3v) is 2.62. The van der Waals surface area contributed by atoms with Crippen molar-refractivity contribution in [2.75, 3.05) is 5.32 Å². The van der Waals surface area contributed by atoms with Crippen LogP contribution in [0.3, 0.4) is 0 Å². The van der Waals surface area contributed by atoms with Crippen molar-refractivity contribution in [1.29, 1.82) is 0 Å². The molecular formula is C10H10Cl2N2O3. The maximum atomic E-state index is 11.5. The van der Waals surface area contributed by atoms with Crippen molar-refractivity contribution in [3.8, 4) is 0 Å². The van der Waals surface area contributed by atoms with E-state index in [0.717, 1.165) is 0 Å². The first kappa shape index (κ1) is 13.7. The Hall–Kier alpha value is -1.33. The Labute approximate surface area is 108 Å². The van der Waals surface area contributed by atoms with Crippen LogP contribution in [-0.4, -0.2) is 22.0 Å². The molecule has 1 atom stereocenters. The van der Waals surface area contributed by atoms with Crippen molar-refractivity contribution >= 4 is 40.8 Å². The standard InChI is InChI=1S/C10H10Cl2N2O3/c1-4-3-6(11)13-8(12)7(4)14-9(15)5(2)10(16)17/h3,5H,1-2H3,(H,14,15)(H,16,17). The number of carboxylic acid groups (broad SMARTS) is 1. The number of rotatable bonds is 3. The summed E-state index contributed by atoms with van der Waals surface area (Å²) < 4.78 is 0. The van der Waals surface area contributed by atoms with Crippen LogP contribution in [0.5, 0.6) is 0 Å². The van der Waals surface area contributed by atoms with Crippen molar-refractivity contribution < 1.29 is 14.7 Å². The number of carbonyl (C=O) groups is 2. The van der Waals surface area contributed by atoms with Crippen LogP contribution in [0.25, 0.3) is 0 Å². The van der Waals surface area contributed by atoms with E-state index < -0.39 is 17.8 Å². The summed E-state index contributed by atoms with van der Waals surface area (Å²) in [4.78, 5) is 25.9. The number of nitrogens with one attached hydrogen (secondary N) is 1. The minimum absolute atomic E-state index is 0.0286. The zero-order valence-electron chi connectivity index (χ0n) is 9.12. The van der Waals surface area contributed by atoms with Gasteiger partial charge in [-0.2, -0.15) is 0 Å². The maximum absolute atomic E-state index is 11.5. The van der Waals surface area contributed by atoms with E-state index in [1.165, 1.54) is 13.0 Å².